The molecule has 148 valence electrons. The fraction of sp³-hybridized carbons (Fsp3) is 0.957. The lowest BCUT2D eigenvalue weighted by Gasteiger charge is -2.62. The van der Waals surface area contributed by atoms with Crippen LogP contribution in [-0.2, 0) is 4.79 Å². The molecule has 0 spiro atoms. The van der Waals surface area contributed by atoms with Gasteiger partial charge in [0, 0.05) is 12.8 Å². The van der Waals surface area contributed by atoms with Crippen LogP contribution in [-0.4, -0.2) is 22.3 Å². The molecule has 0 amide bonds. The maximum Gasteiger partial charge on any atom is 0.151 e. The lowest BCUT2D eigenvalue weighted by atomic mass is 9.42. The first-order valence-corrected chi connectivity index (χ1v) is 11.1. The Morgan fingerprint density at radius 1 is 1.04 bits per heavy atom. The quantitative estimate of drug-likeness (QED) is 0.724. The van der Waals surface area contributed by atoms with Gasteiger partial charge >= 0.3 is 0 Å². The molecule has 0 aromatic carbocycles. The van der Waals surface area contributed by atoms with E-state index in [9.17, 15) is 15.0 Å². The molecule has 26 heavy (non-hydrogen) atoms. The minimum Gasteiger partial charge on any atom is -0.368 e. The molecule has 4 saturated carbocycles. The van der Waals surface area contributed by atoms with E-state index in [1.807, 2.05) is 0 Å². The Hall–Kier alpha value is -0.410. The number of carbonyl (C=O) groups is 1. The normalized spacial score (nSPS) is 51.1. The van der Waals surface area contributed by atoms with E-state index in [1.54, 1.807) is 0 Å². The first-order valence-electron chi connectivity index (χ1n) is 11.1. The summed E-state index contributed by atoms with van der Waals surface area (Å²) in [5.74, 6) is 4.75. The maximum atomic E-state index is 12.2. The Morgan fingerprint density at radius 3 is 2.54 bits per heavy atom. The number of Topliss-reactive ketones (excluding diaryl/α,β-unsaturated/α-hetero) is 1. The van der Waals surface area contributed by atoms with Gasteiger partial charge in [-0.3, -0.25) is 4.79 Å². The van der Waals surface area contributed by atoms with E-state index < -0.39 is 6.29 Å². The highest BCUT2D eigenvalue weighted by Crippen LogP contribution is 2.68. The van der Waals surface area contributed by atoms with E-state index in [0.29, 0.717) is 40.8 Å². The van der Waals surface area contributed by atoms with E-state index >= 15 is 0 Å². The van der Waals surface area contributed by atoms with Crippen molar-refractivity contribution in [3.63, 3.8) is 0 Å². The van der Waals surface area contributed by atoms with Gasteiger partial charge in [-0.15, -0.1) is 0 Å². The lowest BCUT2D eigenvalue weighted by Crippen LogP contribution is -2.56. The average Bonchev–Trinajstić information content (AvgIpc) is 2.91. The van der Waals surface area contributed by atoms with Crippen LogP contribution in [0.4, 0.5) is 0 Å². The van der Waals surface area contributed by atoms with Crippen LogP contribution >= 0.6 is 0 Å². The summed E-state index contributed by atoms with van der Waals surface area (Å²) < 4.78 is 0. The topological polar surface area (TPSA) is 57.5 Å². The third kappa shape index (κ3) is 2.71. The Kier molecular flexibility index (Phi) is 4.79. The predicted octanol–water partition coefficient (Wildman–Crippen LogP) is 4.55. The number of hydrogen-bond donors (Lipinski definition) is 2. The van der Waals surface area contributed by atoms with Crippen LogP contribution < -0.4 is 0 Å². The van der Waals surface area contributed by atoms with Gasteiger partial charge in [0.15, 0.2) is 6.29 Å². The maximum absolute atomic E-state index is 12.2. The highest BCUT2D eigenvalue weighted by Gasteiger charge is 2.61. The summed E-state index contributed by atoms with van der Waals surface area (Å²) in [5, 5.41) is 18.6. The summed E-state index contributed by atoms with van der Waals surface area (Å²) in [4.78, 5) is 12.2. The van der Waals surface area contributed by atoms with Crippen molar-refractivity contribution in [2.45, 2.75) is 91.3 Å². The first kappa shape index (κ1) is 18.9. The van der Waals surface area contributed by atoms with Crippen LogP contribution in [0.25, 0.3) is 0 Å². The Balaban J connectivity index is 1.56. The molecule has 0 heterocycles. The number of aliphatic hydroxyl groups excluding tert-OH is 1. The van der Waals surface area contributed by atoms with Crippen LogP contribution in [0.15, 0.2) is 0 Å². The molecule has 8 atom stereocenters. The summed E-state index contributed by atoms with van der Waals surface area (Å²) in [5.41, 5.74) is 0.754. The molecule has 4 aliphatic carbocycles. The molecule has 3 nitrogen and oxygen atoms in total. The zero-order valence-corrected chi connectivity index (χ0v) is 16.9. The van der Waals surface area contributed by atoms with Crippen molar-refractivity contribution in [2.75, 3.05) is 0 Å². The molecule has 3 unspecified atom stereocenters. The third-order valence-corrected chi connectivity index (χ3v) is 10.0. The summed E-state index contributed by atoms with van der Waals surface area (Å²) in [6.07, 6.45) is 9.77. The summed E-state index contributed by atoms with van der Waals surface area (Å²) in [6, 6.07) is 0. The second-order valence-electron chi connectivity index (χ2n) is 10.7. The smallest absolute Gasteiger partial charge is 0.151 e. The standard InChI is InChI=1S/C23H38O3/c1-14-12-17(24)13-16-4-7-18-19-8-5-15(6-9-21(25)26)22(19,2)11-10-20(18)23(14,16)3/h14-16,18-21,25-26H,4-13H2,1-3H3/t14?,15?,16?,18-,19-,20+,22+,23-/m0/s1. The summed E-state index contributed by atoms with van der Waals surface area (Å²) in [7, 11) is 0. The summed E-state index contributed by atoms with van der Waals surface area (Å²) >= 11 is 0. The van der Waals surface area contributed by atoms with Crippen LogP contribution in [0.1, 0.15) is 85.0 Å². The van der Waals surface area contributed by atoms with Crippen LogP contribution in [0, 0.1) is 46.3 Å². The van der Waals surface area contributed by atoms with E-state index in [0.717, 1.165) is 37.0 Å². The van der Waals surface area contributed by atoms with Crippen molar-refractivity contribution in [3.8, 4) is 0 Å². The second kappa shape index (κ2) is 6.58. The number of carbonyl (C=O) groups excluding carboxylic acids is 1. The Morgan fingerprint density at radius 2 is 1.81 bits per heavy atom. The van der Waals surface area contributed by atoms with E-state index in [4.69, 9.17) is 0 Å². The first-order chi connectivity index (χ1) is 12.3. The average molecular weight is 363 g/mol. The Bertz CT molecular complexity index is 558. The van der Waals surface area contributed by atoms with Crippen LogP contribution in [0.3, 0.4) is 0 Å². The highest BCUT2D eigenvalue weighted by molar-refractivity contribution is 5.80. The van der Waals surface area contributed by atoms with E-state index in [-0.39, 0.29) is 0 Å². The molecular weight excluding hydrogens is 324 g/mol. The van der Waals surface area contributed by atoms with Gasteiger partial charge in [-0.2, -0.15) is 0 Å². The van der Waals surface area contributed by atoms with E-state index in [1.165, 1.54) is 38.5 Å². The van der Waals surface area contributed by atoms with Gasteiger partial charge in [0.2, 0.25) is 0 Å². The number of hydrogen-bond acceptors (Lipinski definition) is 3. The molecule has 2 N–H and O–H groups in total. The summed E-state index contributed by atoms with van der Waals surface area (Å²) in [6.45, 7) is 7.39. The molecule has 3 heteroatoms. The number of aliphatic hydroxyl groups is 2. The molecule has 0 aromatic heterocycles. The zero-order chi connectivity index (χ0) is 18.7. The molecule has 0 saturated heterocycles. The fourth-order valence-corrected chi connectivity index (χ4v) is 8.41. The molecule has 0 aliphatic heterocycles. The number of rotatable bonds is 3. The molecule has 0 radical (unpaired) electrons. The van der Waals surface area contributed by atoms with Crippen molar-refractivity contribution in [3.05, 3.63) is 0 Å². The highest BCUT2D eigenvalue weighted by atomic mass is 16.5. The largest absolute Gasteiger partial charge is 0.368 e. The predicted molar refractivity (Wildman–Crippen MR) is 102 cm³/mol. The number of ketones is 1. The number of fused-ring (bicyclic) bond motifs is 5. The van der Waals surface area contributed by atoms with Crippen molar-refractivity contribution in [2.24, 2.45) is 46.3 Å². The molecule has 0 bridgehead atoms. The van der Waals surface area contributed by atoms with Crippen molar-refractivity contribution in [1.29, 1.82) is 0 Å². The van der Waals surface area contributed by atoms with E-state index in [2.05, 4.69) is 20.8 Å². The molecule has 4 rings (SSSR count). The Labute approximate surface area is 158 Å². The SMILES string of the molecule is CC1CC(=O)CC2CC[C@@H]3[C@@H](CC[C@]4(C)C(CCC(O)O)CC[C@@H]34)[C@@]12C. The molecule has 4 fully saturated rings. The fourth-order valence-electron chi connectivity index (χ4n) is 8.41. The minimum absolute atomic E-state index is 0.359. The molecular formula is C23H38O3. The zero-order valence-electron chi connectivity index (χ0n) is 16.9. The minimum atomic E-state index is -1.15. The van der Waals surface area contributed by atoms with Gasteiger partial charge in [-0.05, 0) is 97.7 Å². The van der Waals surface area contributed by atoms with Gasteiger partial charge in [-0.25, -0.2) is 0 Å². The third-order valence-electron chi connectivity index (χ3n) is 10.0. The lowest BCUT2D eigenvalue weighted by molar-refractivity contribution is -0.152. The van der Waals surface area contributed by atoms with Gasteiger partial charge in [0.25, 0.3) is 0 Å². The van der Waals surface area contributed by atoms with Gasteiger partial charge in [0.05, 0.1) is 0 Å². The monoisotopic (exact) mass is 362 g/mol. The van der Waals surface area contributed by atoms with Crippen LogP contribution in [0.5, 0.6) is 0 Å². The van der Waals surface area contributed by atoms with Crippen LogP contribution in [0.2, 0.25) is 0 Å². The van der Waals surface area contributed by atoms with Gasteiger partial charge < -0.3 is 10.2 Å². The van der Waals surface area contributed by atoms with Crippen molar-refractivity contribution in [1.82, 2.24) is 0 Å². The van der Waals surface area contributed by atoms with Gasteiger partial charge in [-0.1, -0.05) is 20.8 Å². The van der Waals surface area contributed by atoms with Crippen molar-refractivity contribution >= 4 is 5.78 Å². The van der Waals surface area contributed by atoms with Crippen molar-refractivity contribution < 1.29 is 15.0 Å². The van der Waals surface area contributed by atoms with Gasteiger partial charge in [0.1, 0.15) is 5.78 Å². The molecule has 4 aliphatic rings. The molecule has 0 aromatic rings. The second-order valence-corrected chi connectivity index (χ2v) is 10.7.